The zero-order valence-corrected chi connectivity index (χ0v) is 29.4. The minimum Gasteiger partial charge on any atom is -0.378 e. The smallest absolute Gasteiger partial charge is 0.316 e. The van der Waals surface area contributed by atoms with E-state index in [0.29, 0.717) is 12.1 Å². The third-order valence-corrected chi connectivity index (χ3v) is 10.2. The van der Waals surface area contributed by atoms with Gasteiger partial charge >= 0.3 is 6.03 Å². The van der Waals surface area contributed by atoms with Crippen molar-refractivity contribution in [3.05, 3.63) is 29.8 Å². The fraction of sp³-hybridized carbons (Fsp3) is 0.657. The van der Waals surface area contributed by atoms with Gasteiger partial charge in [-0.1, -0.05) is 48.5 Å². The van der Waals surface area contributed by atoms with E-state index in [1.807, 2.05) is 65.7 Å². The lowest BCUT2D eigenvalue weighted by Gasteiger charge is -2.38. The molecule has 12 heteroatoms. The number of carbonyl (C=O) groups excluding carboxylic acids is 6. The molecule has 2 saturated carbocycles. The van der Waals surface area contributed by atoms with Crippen molar-refractivity contribution in [3.8, 4) is 0 Å². The first-order valence-electron chi connectivity index (χ1n) is 16.6. The second-order valence-electron chi connectivity index (χ2n) is 15.6. The lowest BCUT2D eigenvalue weighted by molar-refractivity contribution is -0.145. The number of hydrogen-bond donors (Lipinski definition) is 4. The molecule has 1 aliphatic heterocycles. The van der Waals surface area contributed by atoms with Gasteiger partial charge < -0.3 is 31.1 Å². The number of ketones is 2. The van der Waals surface area contributed by atoms with Gasteiger partial charge in [-0.15, -0.1) is 0 Å². The van der Waals surface area contributed by atoms with Crippen LogP contribution in [0.25, 0.3) is 0 Å². The SMILES string of the molecule is CNC(=O)C(=O)C(NC(=O)[C@@H]1[C@@H]2[C@H](CN1C(=O)[C@@H](NC(=O)N[C@H](C(=O)c1ccc(N(C)C)cc1)C(C)C)C(C)(C)C)C2(C)C)C1CC1. The highest BCUT2D eigenvalue weighted by Crippen LogP contribution is 2.65. The Hall–Kier alpha value is -3.96. The van der Waals surface area contributed by atoms with Gasteiger partial charge in [0.15, 0.2) is 5.78 Å². The number of benzene rings is 1. The summed E-state index contributed by atoms with van der Waals surface area (Å²) < 4.78 is 0. The molecule has 3 aliphatic rings. The molecule has 3 fully saturated rings. The van der Waals surface area contributed by atoms with Crippen molar-refractivity contribution in [2.45, 2.75) is 85.5 Å². The number of rotatable bonds is 12. The molecule has 1 aromatic carbocycles. The van der Waals surface area contributed by atoms with Crippen LogP contribution in [-0.2, 0) is 19.2 Å². The average Bonchev–Trinajstić information content (AvgIpc) is 3.88. The van der Waals surface area contributed by atoms with E-state index in [-0.39, 0.29) is 34.9 Å². The first-order chi connectivity index (χ1) is 21.8. The normalized spacial score (nSPS) is 23.1. The maximum Gasteiger partial charge on any atom is 0.316 e. The molecule has 258 valence electrons. The van der Waals surface area contributed by atoms with E-state index in [1.165, 1.54) is 11.9 Å². The number of amides is 5. The number of nitrogens with zero attached hydrogens (tertiary/aromatic N) is 2. The number of hydrogen-bond acceptors (Lipinski definition) is 7. The zero-order valence-electron chi connectivity index (χ0n) is 29.4. The molecule has 6 atom stereocenters. The van der Waals surface area contributed by atoms with Crippen molar-refractivity contribution in [3.63, 3.8) is 0 Å². The van der Waals surface area contributed by atoms with E-state index in [9.17, 15) is 28.8 Å². The molecule has 12 nitrogen and oxygen atoms in total. The highest BCUT2D eigenvalue weighted by atomic mass is 16.2. The van der Waals surface area contributed by atoms with Crippen LogP contribution in [0.15, 0.2) is 24.3 Å². The monoisotopic (exact) mass is 652 g/mol. The fourth-order valence-electron chi connectivity index (χ4n) is 6.91. The third kappa shape index (κ3) is 7.46. The highest BCUT2D eigenvalue weighted by molar-refractivity contribution is 6.38. The van der Waals surface area contributed by atoms with Gasteiger partial charge in [0.2, 0.25) is 17.6 Å². The van der Waals surface area contributed by atoms with E-state index in [1.54, 1.807) is 12.1 Å². The summed E-state index contributed by atoms with van der Waals surface area (Å²) in [6.07, 6.45) is 1.45. The zero-order chi connectivity index (χ0) is 35.2. The molecule has 2 aliphatic carbocycles. The Morgan fingerprint density at radius 2 is 1.53 bits per heavy atom. The van der Waals surface area contributed by atoms with Crippen LogP contribution in [0.1, 0.15) is 71.7 Å². The van der Waals surface area contributed by atoms with Gasteiger partial charge in [-0.3, -0.25) is 24.0 Å². The molecule has 1 heterocycles. The summed E-state index contributed by atoms with van der Waals surface area (Å²) in [4.78, 5) is 83.6. The molecule has 0 spiro atoms. The second-order valence-corrected chi connectivity index (χ2v) is 15.6. The molecule has 1 saturated heterocycles. The van der Waals surface area contributed by atoms with Crippen molar-refractivity contribution in [2.75, 3.05) is 32.6 Å². The highest BCUT2D eigenvalue weighted by Gasteiger charge is 2.70. The Bertz CT molecular complexity index is 1410. The Morgan fingerprint density at radius 3 is 2.02 bits per heavy atom. The molecule has 0 radical (unpaired) electrons. The lowest BCUT2D eigenvalue weighted by atomic mass is 9.85. The summed E-state index contributed by atoms with van der Waals surface area (Å²) in [5, 5.41) is 10.8. The Kier molecular flexibility index (Phi) is 10.1. The van der Waals surface area contributed by atoms with Crippen molar-refractivity contribution >= 4 is 41.0 Å². The van der Waals surface area contributed by atoms with E-state index in [4.69, 9.17) is 0 Å². The quantitative estimate of drug-likeness (QED) is 0.200. The van der Waals surface area contributed by atoms with Crippen LogP contribution >= 0.6 is 0 Å². The molecule has 4 rings (SSSR count). The number of nitrogens with one attached hydrogen (secondary N) is 4. The molecule has 1 unspecified atom stereocenters. The topological polar surface area (TPSA) is 157 Å². The third-order valence-electron chi connectivity index (χ3n) is 10.2. The average molecular weight is 653 g/mol. The van der Waals surface area contributed by atoms with Gasteiger partial charge in [0.25, 0.3) is 5.91 Å². The Labute approximate surface area is 278 Å². The van der Waals surface area contributed by atoms with Gasteiger partial charge in [0, 0.05) is 38.9 Å². The molecule has 5 amide bonds. The number of urea groups is 1. The largest absolute Gasteiger partial charge is 0.378 e. The first-order valence-corrected chi connectivity index (χ1v) is 16.6. The van der Waals surface area contributed by atoms with Gasteiger partial charge in [-0.25, -0.2) is 4.79 Å². The Morgan fingerprint density at radius 1 is 0.936 bits per heavy atom. The number of likely N-dealkylation sites (N-methyl/N-ethyl adjacent to an activating group) is 1. The van der Waals surface area contributed by atoms with E-state index in [2.05, 4.69) is 35.1 Å². The van der Waals surface area contributed by atoms with Crippen LogP contribution in [0.5, 0.6) is 0 Å². The van der Waals surface area contributed by atoms with Crippen LogP contribution in [0.2, 0.25) is 0 Å². The van der Waals surface area contributed by atoms with E-state index in [0.717, 1.165) is 18.5 Å². The molecular formula is C35H52N6O6. The number of likely N-dealkylation sites (tertiary alicyclic amines) is 1. The summed E-state index contributed by atoms with van der Waals surface area (Å²) in [5.41, 5.74) is 0.472. The molecular weight excluding hydrogens is 600 g/mol. The number of Topliss-reactive ketones (excluding diaryl/α,β-unsaturated/α-hetero) is 2. The predicted octanol–water partition coefficient (Wildman–Crippen LogP) is 2.37. The van der Waals surface area contributed by atoms with E-state index >= 15 is 0 Å². The minimum atomic E-state index is -1.02. The predicted molar refractivity (Wildman–Crippen MR) is 179 cm³/mol. The summed E-state index contributed by atoms with van der Waals surface area (Å²) in [7, 11) is 5.19. The fourth-order valence-corrected chi connectivity index (χ4v) is 6.91. The molecule has 4 N–H and O–H groups in total. The molecule has 47 heavy (non-hydrogen) atoms. The maximum absolute atomic E-state index is 14.3. The van der Waals surface area contributed by atoms with Crippen LogP contribution in [0, 0.1) is 34.5 Å². The first kappa shape index (κ1) is 35.9. The van der Waals surface area contributed by atoms with Gasteiger partial charge in [0.1, 0.15) is 18.1 Å². The summed E-state index contributed by atoms with van der Waals surface area (Å²) >= 11 is 0. The summed E-state index contributed by atoms with van der Waals surface area (Å²) in [6.45, 7) is 13.6. The van der Waals surface area contributed by atoms with Crippen molar-refractivity contribution < 1.29 is 28.8 Å². The van der Waals surface area contributed by atoms with Crippen molar-refractivity contribution in [1.29, 1.82) is 0 Å². The standard InChI is InChI=1S/C35H52N6O6/c1-18(2)24(27(42)20-13-15-21(16-14-20)40(9)10)38-33(47)39-29(34(3,4)5)32(46)41-17-22-23(35(22,6)7)26(41)30(44)37-25(19-11-12-19)28(43)31(45)36-8/h13-16,18-19,22-26,29H,11-12,17H2,1-10H3,(H,36,45)(H,37,44)(H2,38,39,47)/t22-,23-,24-,25?,26-,29+/m0/s1. The van der Waals surface area contributed by atoms with Gasteiger partial charge in [0.05, 0.1) is 6.04 Å². The Balaban J connectivity index is 1.52. The van der Waals surface area contributed by atoms with Crippen LogP contribution in [-0.4, -0.2) is 92.1 Å². The maximum atomic E-state index is 14.3. The van der Waals surface area contributed by atoms with Crippen LogP contribution in [0.4, 0.5) is 10.5 Å². The summed E-state index contributed by atoms with van der Waals surface area (Å²) in [6, 6.07) is 2.82. The number of anilines is 1. The molecule has 1 aromatic rings. The van der Waals surface area contributed by atoms with Crippen molar-refractivity contribution in [1.82, 2.24) is 26.2 Å². The van der Waals surface area contributed by atoms with Crippen LogP contribution in [0.3, 0.4) is 0 Å². The van der Waals surface area contributed by atoms with Crippen molar-refractivity contribution in [2.24, 2.45) is 34.5 Å². The van der Waals surface area contributed by atoms with Crippen LogP contribution < -0.4 is 26.2 Å². The lowest BCUT2D eigenvalue weighted by Crippen LogP contribution is -2.62. The van der Waals surface area contributed by atoms with Gasteiger partial charge in [-0.05, 0) is 71.6 Å². The number of fused-ring (bicyclic) bond motifs is 1. The van der Waals surface area contributed by atoms with Gasteiger partial charge in [-0.2, -0.15) is 0 Å². The molecule has 0 aromatic heterocycles. The summed E-state index contributed by atoms with van der Waals surface area (Å²) in [5.74, 6) is -2.98. The second kappa shape index (κ2) is 13.3. The number of piperidine rings is 1. The van der Waals surface area contributed by atoms with E-state index < -0.39 is 59.1 Å². The molecule has 0 bridgehead atoms. The number of carbonyl (C=O) groups is 6. The minimum absolute atomic E-state index is 0.0764.